The number of nitrogens with zero attached hydrogens (tertiary/aromatic N) is 2. The maximum Gasteiger partial charge on any atom is 0.255 e. The number of rotatable bonds is 5. The number of aromatic nitrogens is 2. The van der Waals surface area contributed by atoms with Gasteiger partial charge in [0.05, 0.1) is 0 Å². The first-order valence-electron chi connectivity index (χ1n) is 7.92. The lowest BCUT2D eigenvalue weighted by molar-refractivity contribution is 0.102. The summed E-state index contributed by atoms with van der Waals surface area (Å²) in [5.74, 6) is 0.726. The third-order valence-corrected chi connectivity index (χ3v) is 5.85. The van der Waals surface area contributed by atoms with E-state index in [0.29, 0.717) is 5.56 Å². The minimum Gasteiger partial charge on any atom is -0.322 e. The van der Waals surface area contributed by atoms with Crippen molar-refractivity contribution in [3.05, 3.63) is 69.7 Å². The Morgan fingerprint density at radius 3 is 2.32 bits per heavy atom. The summed E-state index contributed by atoms with van der Waals surface area (Å²) < 4.78 is 0.967. The molecule has 0 aliphatic carbocycles. The van der Waals surface area contributed by atoms with Crippen LogP contribution in [0.25, 0.3) is 0 Å². The van der Waals surface area contributed by atoms with Crippen LogP contribution in [0.5, 0.6) is 0 Å². The lowest BCUT2D eigenvalue weighted by Gasteiger charge is -2.11. The Morgan fingerprint density at radius 2 is 1.72 bits per heavy atom. The predicted octanol–water partition coefficient (Wildman–Crippen LogP) is 5.01. The zero-order valence-corrected chi connectivity index (χ0v) is 16.0. The van der Waals surface area contributed by atoms with Crippen molar-refractivity contribution in [2.75, 3.05) is 5.32 Å². The second-order valence-electron chi connectivity index (χ2n) is 5.79. The van der Waals surface area contributed by atoms with Crippen LogP contribution in [0.15, 0.2) is 46.8 Å². The number of anilines is 1. The molecule has 0 atom stereocenters. The minimum absolute atomic E-state index is 0.0867. The van der Waals surface area contributed by atoms with Crippen LogP contribution in [0.3, 0.4) is 0 Å². The van der Waals surface area contributed by atoms with Crippen molar-refractivity contribution in [2.45, 2.75) is 30.9 Å². The molecule has 1 amide bonds. The van der Waals surface area contributed by atoms with Crippen molar-refractivity contribution in [3.63, 3.8) is 0 Å². The largest absolute Gasteiger partial charge is 0.322 e. The van der Waals surface area contributed by atoms with Crippen molar-refractivity contribution in [2.24, 2.45) is 0 Å². The van der Waals surface area contributed by atoms with Crippen molar-refractivity contribution in [1.29, 1.82) is 0 Å². The summed E-state index contributed by atoms with van der Waals surface area (Å²) in [4.78, 5) is 12.5. The fourth-order valence-corrected chi connectivity index (χ4v) is 4.20. The lowest BCUT2D eigenvalue weighted by atomic mass is 10.1. The average Bonchev–Trinajstić information content (AvgIpc) is 3.02. The molecule has 128 valence electrons. The number of para-hydroxylation sites is 1. The molecule has 6 heteroatoms. The number of amides is 1. The molecular weight excluding hydrogens is 350 g/mol. The molecule has 2 aromatic carbocycles. The highest BCUT2D eigenvalue weighted by molar-refractivity contribution is 8.00. The Bertz CT molecular complexity index is 868. The number of nitrogens with one attached hydrogen (secondary N) is 1. The van der Waals surface area contributed by atoms with Gasteiger partial charge in [0.1, 0.15) is 5.01 Å². The van der Waals surface area contributed by atoms with Crippen LogP contribution in [0.2, 0.25) is 0 Å². The lowest BCUT2D eigenvalue weighted by Crippen LogP contribution is -2.13. The quantitative estimate of drug-likeness (QED) is 0.643. The predicted molar refractivity (Wildman–Crippen MR) is 105 cm³/mol. The number of aryl methyl sites for hydroxylation is 3. The van der Waals surface area contributed by atoms with Crippen LogP contribution in [0.1, 0.15) is 32.1 Å². The van der Waals surface area contributed by atoms with Crippen molar-refractivity contribution in [1.82, 2.24) is 10.2 Å². The van der Waals surface area contributed by atoms with E-state index in [1.54, 1.807) is 23.1 Å². The normalized spacial score (nSPS) is 10.7. The van der Waals surface area contributed by atoms with Crippen LogP contribution in [0, 0.1) is 20.8 Å². The van der Waals surface area contributed by atoms with Gasteiger partial charge >= 0.3 is 0 Å². The van der Waals surface area contributed by atoms with Crippen molar-refractivity contribution in [3.8, 4) is 0 Å². The van der Waals surface area contributed by atoms with E-state index < -0.39 is 0 Å². The maximum absolute atomic E-state index is 12.5. The molecule has 0 fully saturated rings. The van der Waals surface area contributed by atoms with Crippen LogP contribution in [-0.4, -0.2) is 16.1 Å². The van der Waals surface area contributed by atoms with E-state index in [2.05, 4.69) is 15.5 Å². The topological polar surface area (TPSA) is 54.9 Å². The van der Waals surface area contributed by atoms with Gasteiger partial charge in [-0.05, 0) is 49.6 Å². The van der Waals surface area contributed by atoms with Crippen molar-refractivity contribution < 1.29 is 4.79 Å². The standard InChI is InChI=1S/C19H19N3OS2/c1-12-5-4-6-13(2)17(12)20-18(23)16-9-7-15(8-10-16)11-24-19-22-21-14(3)25-19/h4-10H,11H2,1-3H3,(H,20,23). The Balaban J connectivity index is 1.64. The van der Waals surface area contributed by atoms with Gasteiger partial charge in [-0.25, -0.2) is 0 Å². The van der Waals surface area contributed by atoms with Crippen molar-refractivity contribution >= 4 is 34.7 Å². The van der Waals surface area contributed by atoms with E-state index in [1.807, 2.05) is 63.2 Å². The summed E-state index contributed by atoms with van der Waals surface area (Å²) in [5, 5.41) is 12.1. The smallest absolute Gasteiger partial charge is 0.255 e. The molecule has 0 bridgehead atoms. The number of carbonyl (C=O) groups excluding carboxylic acids is 1. The zero-order chi connectivity index (χ0) is 17.8. The maximum atomic E-state index is 12.5. The number of hydrogen-bond donors (Lipinski definition) is 1. The minimum atomic E-state index is -0.0867. The summed E-state index contributed by atoms with van der Waals surface area (Å²) in [5.41, 5.74) is 4.82. The Morgan fingerprint density at radius 1 is 1.04 bits per heavy atom. The highest BCUT2D eigenvalue weighted by Crippen LogP contribution is 2.26. The number of benzene rings is 2. The van der Waals surface area contributed by atoms with Gasteiger partial charge in [0, 0.05) is 17.0 Å². The SMILES string of the molecule is Cc1nnc(SCc2ccc(C(=O)Nc3c(C)cccc3C)cc2)s1. The van der Waals surface area contributed by atoms with E-state index in [1.165, 1.54) is 0 Å². The molecule has 0 spiro atoms. The average molecular weight is 370 g/mol. The second-order valence-corrected chi connectivity index (χ2v) is 8.20. The molecule has 1 N–H and O–H groups in total. The molecule has 0 aliphatic rings. The van der Waals surface area contributed by atoms with Gasteiger partial charge in [0.25, 0.3) is 5.91 Å². The molecule has 4 nitrogen and oxygen atoms in total. The monoisotopic (exact) mass is 369 g/mol. The molecule has 0 aliphatic heterocycles. The van der Waals surface area contributed by atoms with E-state index in [9.17, 15) is 4.79 Å². The van der Waals surface area contributed by atoms with Gasteiger partial charge in [-0.1, -0.05) is 53.4 Å². The van der Waals surface area contributed by atoms with E-state index in [-0.39, 0.29) is 5.91 Å². The molecule has 0 saturated heterocycles. The van der Waals surface area contributed by atoms with Gasteiger partial charge in [0.15, 0.2) is 4.34 Å². The van der Waals surface area contributed by atoms with Crippen LogP contribution >= 0.6 is 23.1 Å². The highest BCUT2D eigenvalue weighted by atomic mass is 32.2. The second kappa shape index (κ2) is 7.80. The van der Waals surface area contributed by atoms with Gasteiger partial charge in [-0.3, -0.25) is 4.79 Å². The van der Waals surface area contributed by atoms with Gasteiger partial charge < -0.3 is 5.32 Å². The van der Waals surface area contributed by atoms with Gasteiger partial charge in [0.2, 0.25) is 0 Å². The first-order valence-corrected chi connectivity index (χ1v) is 9.72. The summed E-state index contributed by atoms with van der Waals surface area (Å²) in [7, 11) is 0. The summed E-state index contributed by atoms with van der Waals surface area (Å²) >= 11 is 3.26. The van der Waals surface area contributed by atoms with Gasteiger partial charge in [-0.15, -0.1) is 10.2 Å². The number of hydrogen-bond acceptors (Lipinski definition) is 5. The third kappa shape index (κ3) is 4.46. The molecular formula is C19H19N3OS2. The molecule has 3 rings (SSSR count). The van der Waals surface area contributed by atoms with Gasteiger partial charge in [-0.2, -0.15) is 0 Å². The number of carbonyl (C=O) groups is 1. The van der Waals surface area contributed by atoms with E-state index >= 15 is 0 Å². The first kappa shape index (κ1) is 17.6. The molecule has 1 heterocycles. The fourth-order valence-electron chi connectivity index (χ4n) is 2.43. The number of thioether (sulfide) groups is 1. The van der Waals surface area contributed by atoms with E-state index in [4.69, 9.17) is 0 Å². The van der Waals surface area contributed by atoms with Crippen LogP contribution in [-0.2, 0) is 5.75 Å². The van der Waals surface area contributed by atoms with E-state index in [0.717, 1.165) is 37.5 Å². The molecule has 0 saturated carbocycles. The molecule has 3 aromatic rings. The Kier molecular flexibility index (Phi) is 5.50. The molecule has 1 aromatic heterocycles. The molecule has 0 unspecified atom stereocenters. The molecule has 0 radical (unpaired) electrons. The fraction of sp³-hybridized carbons (Fsp3) is 0.211. The Hall–Kier alpha value is -2.18. The molecule has 25 heavy (non-hydrogen) atoms. The summed E-state index contributed by atoms with van der Waals surface area (Å²) in [6, 6.07) is 13.7. The third-order valence-electron chi connectivity index (χ3n) is 3.81. The van der Waals surface area contributed by atoms with Crippen LogP contribution in [0.4, 0.5) is 5.69 Å². The summed E-state index contributed by atoms with van der Waals surface area (Å²) in [6.45, 7) is 5.95. The first-order chi connectivity index (χ1) is 12.0. The Labute approximate surface area is 155 Å². The summed E-state index contributed by atoms with van der Waals surface area (Å²) in [6.07, 6.45) is 0. The highest BCUT2D eigenvalue weighted by Gasteiger charge is 2.10. The van der Waals surface area contributed by atoms with Crippen LogP contribution < -0.4 is 5.32 Å². The zero-order valence-electron chi connectivity index (χ0n) is 14.4.